The molecule has 51 heavy (non-hydrogen) atoms. The number of hydrogen-bond acceptors (Lipinski definition) is 3. The van der Waals surface area contributed by atoms with Gasteiger partial charge in [0.05, 0.1) is 16.9 Å². The second-order valence-electron chi connectivity index (χ2n) is 14.1. The quantitative estimate of drug-likeness (QED) is 0.178. The van der Waals surface area contributed by atoms with E-state index in [9.17, 15) is 0 Å². The molecule has 9 aromatic rings. The summed E-state index contributed by atoms with van der Waals surface area (Å²) < 4.78 is 0. The Balaban J connectivity index is 1.11. The van der Waals surface area contributed by atoms with Crippen molar-refractivity contribution in [2.24, 2.45) is 0 Å². The fourth-order valence-electron chi connectivity index (χ4n) is 8.04. The van der Waals surface area contributed by atoms with E-state index in [1.54, 1.807) is 0 Å². The highest BCUT2D eigenvalue weighted by Gasteiger charge is 2.35. The number of fused-ring (bicyclic) bond motifs is 7. The lowest BCUT2D eigenvalue weighted by atomic mass is 9.81. The molecule has 1 aliphatic rings. The van der Waals surface area contributed by atoms with Crippen LogP contribution in [-0.2, 0) is 5.41 Å². The Morgan fingerprint density at radius 1 is 0.412 bits per heavy atom. The van der Waals surface area contributed by atoms with Gasteiger partial charge in [0.15, 0.2) is 5.82 Å². The van der Waals surface area contributed by atoms with E-state index in [-0.39, 0.29) is 5.41 Å². The normalized spacial score (nSPS) is 13.1. The summed E-state index contributed by atoms with van der Waals surface area (Å²) in [5.74, 6) is 0.702. The molecule has 7 aromatic carbocycles. The SMILES string of the molecule is CC1(C)c2ccccc2-c2cc3ccc4ccc(-c5cc(-c6ccccc6)nc(-c6ccc(-c7cccc8ncccc78)cc6)n5)cc4c3cc21. The maximum atomic E-state index is 5.23. The molecule has 0 amide bonds. The number of pyridine rings is 1. The fourth-order valence-corrected chi connectivity index (χ4v) is 8.04. The molecule has 0 aliphatic heterocycles. The summed E-state index contributed by atoms with van der Waals surface area (Å²) in [7, 11) is 0. The van der Waals surface area contributed by atoms with Crippen LogP contribution in [0.2, 0.25) is 0 Å². The van der Waals surface area contributed by atoms with Crippen LogP contribution in [0.4, 0.5) is 0 Å². The molecule has 2 aromatic heterocycles. The van der Waals surface area contributed by atoms with Gasteiger partial charge in [-0.3, -0.25) is 4.98 Å². The summed E-state index contributed by atoms with van der Waals surface area (Å²) in [4.78, 5) is 14.9. The van der Waals surface area contributed by atoms with Crippen LogP contribution in [0.15, 0.2) is 164 Å². The summed E-state index contributed by atoms with van der Waals surface area (Å²) in [6, 6.07) is 56.4. The van der Waals surface area contributed by atoms with Gasteiger partial charge in [0.2, 0.25) is 0 Å². The van der Waals surface area contributed by atoms with Crippen molar-refractivity contribution in [2.75, 3.05) is 0 Å². The Morgan fingerprint density at radius 2 is 1.10 bits per heavy atom. The third-order valence-electron chi connectivity index (χ3n) is 10.7. The molecule has 0 N–H and O–H groups in total. The highest BCUT2D eigenvalue weighted by molar-refractivity contribution is 6.11. The van der Waals surface area contributed by atoms with E-state index < -0.39 is 0 Å². The largest absolute Gasteiger partial charge is 0.256 e. The molecule has 0 radical (unpaired) electrons. The van der Waals surface area contributed by atoms with Gasteiger partial charge >= 0.3 is 0 Å². The molecular formula is C48H33N3. The zero-order chi connectivity index (χ0) is 34.1. The van der Waals surface area contributed by atoms with Crippen LogP contribution >= 0.6 is 0 Å². The van der Waals surface area contributed by atoms with Crippen LogP contribution in [0.3, 0.4) is 0 Å². The molecule has 1 aliphatic carbocycles. The van der Waals surface area contributed by atoms with Gasteiger partial charge in [0.25, 0.3) is 0 Å². The minimum absolute atomic E-state index is 0.0634. The van der Waals surface area contributed by atoms with E-state index in [1.165, 1.54) is 43.8 Å². The van der Waals surface area contributed by atoms with Gasteiger partial charge in [-0.2, -0.15) is 0 Å². The summed E-state index contributed by atoms with van der Waals surface area (Å²) in [5.41, 5.74) is 13.6. The average Bonchev–Trinajstić information content (AvgIpc) is 3.42. The van der Waals surface area contributed by atoms with Crippen LogP contribution in [0.1, 0.15) is 25.0 Å². The van der Waals surface area contributed by atoms with Crippen LogP contribution in [0.5, 0.6) is 0 Å². The van der Waals surface area contributed by atoms with Gasteiger partial charge in [-0.05, 0) is 91.3 Å². The lowest BCUT2D eigenvalue weighted by molar-refractivity contribution is 0.661. The Morgan fingerprint density at radius 3 is 1.96 bits per heavy atom. The zero-order valence-electron chi connectivity index (χ0n) is 28.4. The highest BCUT2D eigenvalue weighted by atomic mass is 14.9. The topological polar surface area (TPSA) is 38.7 Å². The van der Waals surface area contributed by atoms with Crippen molar-refractivity contribution in [3.63, 3.8) is 0 Å². The van der Waals surface area contributed by atoms with Crippen LogP contribution in [-0.4, -0.2) is 15.0 Å². The molecule has 10 rings (SSSR count). The summed E-state index contributed by atoms with van der Waals surface area (Å²) in [6.45, 7) is 4.69. The molecule has 0 bridgehead atoms. The first-order chi connectivity index (χ1) is 25.0. The molecule has 2 heterocycles. The predicted molar refractivity (Wildman–Crippen MR) is 212 cm³/mol. The van der Waals surface area contributed by atoms with Crippen molar-refractivity contribution >= 4 is 32.4 Å². The van der Waals surface area contributed by atoms with Gasteiger partial charge in [-0.25, -0.2) is 9.97 Å². The summed E-state index contributed by atoms with van der Waals surface area (Å²) in [5, 5.41) is 6.11. The van der Waals surface area contributed by atoms with Crippen molar-refractivity contribution in [3.8, 4) is 56.2 Å². The Bertz CT molecular complexity index is 2810. The van der Waals surface area contributed by atoms with E-state index in [1.807, 2.05) is 18.3 Å². The van der Waals surface area contributed by atoms with E-state index in [4.69, 9.17) is 9.97 Å². The van der Waals surface area contributed by atoms with Crippen LogP contribution in [0.25, 0.3) is 88.6 Å². The van der Waals surface area contributed by atoms with E-state index >= 15 is 0 Å². The standard InChI is InChI=1S/C48H33N3/c1-48(2)42-15-7-6-12-37(42)41-26-34-23-19-31-20-24-35(27-39(31)40(34)28-43(41)48)46-29-45(32-10-4-3-5-11-32)50-47(51-46)33-21-17-30(18-22-33)36-13-8-16-44-38(36)14-9-25-49-44/h3-29H,1-2H3. The lowest BCUT2D eigenvalue weighted by Crippen LogP contribution is -2.14. The van der Waals surface area contributed by atoms with E-state index in [0.29, 0.717) is 5.82 Å². The van der Waals surface area contributed by atoms with Crippen LogP contribution in [0, 0.1) is 0 Å². The number of rotatable bonds is 4. The molecule has 0 spiro atoms. The van der Waals surface area contributed by atoms with Gasteiger partial charge < -0.3 is 0 Å². The van der Waals surface area contributed by atoms with Gasteiger partial charge in [-0.1, -0.05) is 135 Å². The van der Waals surface area contributed by atoms with Crippen molar-refractivity contribution in [3.05, 3.63) is 175 Å². The first-order valence-electron chi connectivity index (χ1n) is 17.5. The molecule has 0 saturated heterocycles. The first-order valence-corrected chi connectivity index (χ1v) is 17.5. The highest BCUT2D eigenvalue weighted by Crippen LogP contribution is 2.50. The molecule has 3 nitrogen and oxygen atoms in total. The molecule has 3 heteroatoms. The molecule has 0 fully saturated rings. The first kappa shape index (κ1) is 29.5. The average molecular weight is 652 g/mol. The second-order valence-corrected chi connectivity index (χ2v) is 14.1. The molecule has 0 unspecified atom stereocenters. The summed E-state index contributed by atoms with van der Waals surface area (Å²) in [6.07, 6.45) is 1.84. The Kier molecular flexibility index (Phi) is 6.53. The van der Waals surface area contributed by atoms with E-state index in [2.05, 4.69) is 164 Å². The van der Waals surface area contributed by atoms with Gasteiger partial charge in [0, 0.05) is 33.7 Å². The number of nitrogens with zero attached hydrogens (tertiary/aromatic N) is 3. The fraction of sp³-hybridized carbons (Fsp3) is 0.0625. The number of benzene rings is 7. The maximum Gasteiger partial charge on any atom is 0.160 e. The van der Waals surface area contributed by atoms with Crippen molar-refractivity contribution in [1.82, 2.24) is 15.0 Å². The minimum Gasteiger partial charge on any atom is -0.256 e. The summed E-state index contributed by atoms with van der Waals surface area (Å²) >= 11 is 0. The molecular weight excluding hydrogens is 619 g/mol. The molecule has 0 saturated carbocycles. The zero-order valence-corrected chi connectivity index (χ0v) is 28.4. The minimum atomic E-state index is -0.0634. The Labute approximate surface area is 297 Å². The second kappa shape index (κ2) is 11.3. The maximum absolute atomic E-state index is 5.23. The van der Waals surface area contributed by atoms with Crippen molar-refractivity contribution in [1.29, 1.82) is 0 Å². The van der Waals surface area contributed by atoms with Crippen molar-refractivity contribution < 1.29 is 0 Å². The monoisotopic (exact) mass is 651 g/mol. The third kappa shape index (κ3) is 4.77. The van der Waals surface area contributed by atoms with Gasteiger partial charge in [-0.15, -0.1) is 0 Å². The van der Waals surface area contributed by atoms with Crippen molar-refractivity contribution in [2.45, 2.75) is 19.3 Å². The smallest absolute Gasteiger partial charge is 0.160 e. The van der Waals surface area contributed by atoms with E-state index in [0.717, 1.165) is 50.1 Å². The molecule has 0 atom stereocenters. The molecule has 240 valence electrons. The Hall–Kier alpha value is -6.45. The number of hydrogen-bond donors (Lipinski definition) is 0. The van der Waals surface area contributed by atoms with Crippen LogP contribution < -0.4 is 0 Å². The lowest BCUT2D eigenvalue weighted by Gasteiger charge is -2.22. The number of aromatic nitrogens is 3. The third-order valence-corrected chi connectivity index (χ3v) is 10.7. The van der Waals surface area contributed by atoms with Gasteiger partial charge in [0.1, 0.15) is 0 Å². The predicted octanol–water partition coefficient (Wildman–Crippen LogP) is 12.3.